The molecule has 0 aromatic heterocycles. The molecule has 2 atom stereocenters. The van der Waals surface area contributed by atoms with E-state index in [-0.39, 0.29) is 29.4 Å². The zero-order valence-corrected chi connectivity index (χ0v) is 20.6. The normalized spacial score (nSPS) is 17.4. The molecule has 1 aliphatic rings. The maximum absolute atomic E-state index is 13.5. The molecule has 2 amide bonds. The molecule has 2 aromatic rings. The quantitative estimate of drug-likeness (QED) is 0.557. The second-order valence-electron chi connectivity index (χ2n) is 9.56. The fourth-order valence-electron chi connectivity index (χ4n) is 4.24. The smallest absolute Gasteiger partial charge is 0.268 e. The van der Waals surface area contributed by atoms with Crippen LogP contribution in [0.1, 0.15) is 37.0 Å². The molecule has 1 fully saturated rings. The summed E-state index contributed by atoms with van der Waals surface area (Å²) in [4.78, 5) is 32.9. The van der Waals surface area contributed by atoms with Crippen LogP contribution in [0.15, 0.2) is 53.5 Å². The lowest BCUT2D eigenvalue weighted by atomic mass is 9.96. The van der Waals surface area contributed by atoms with Gasteiger partial charge in [-0.05, 0) is 42.5 Å². The number of aliphatic imine (C=N–C) groups is 1. The summed E-state index contributed by atoms with van der Waals surface area (Å²) in [5, 5.41) is 11.5. The first-order valence-corrected chi connectivity index (χ1v) is 11.9. The fourth-order valence-corrected chi connectivity index (χ4v) is 4.24. The van der Waals surface area contributed by atoms with E-state index in [9.17, 15) is 14.7 Å². The molecule has 1 saturated heterocycles. The van der Waals surface area contributed by atoms with Gasteiger partial charge in [0.2, 0.25) is 5.91 Å². The van der Waals surface area contributed by atoms with Gasteiger partial charge in [0.1, 0.15) is 11.8 Å². The number of phenolic OH excluding ortho intramolecular Hbond substituents is 1. The Balaban J connectivity index is 1.82. The van der Waals surface area contributed by atoms with Crippen molar-refractivity contribution in [3.8, 4) is 5.75 Å². The van der Waals surface area contributed by atoms with E-state index < -0.39 is 6.04 Å². The van der Waals surface area contributed by atoms with Crippen molar-refractivity contribution in [1.82, 2.24) is 15.3 Å². The van der Waals surface area contributed by atoms with Gasteiger partial charge in [-0.1, -0.05) is 55.8 Å². The molecule has 0 radical (unpaired) electrons. The van der Waals surface area contributed by atoms with E-state index in [1.165, 1.54) is 0 Å². The number of benzene rings is 2. The molecule has 0 spiro atoms. The minimum Gasteiger partial charge on any atom is -0.508 e. The van der Waals surface area contributed by atoms with Gasteiger partial charge in [0.25, 0.3) is 5.91 Å². The lowest BCUT2D eigenvalue weighted by molar-refractivity contribution is -0.141. The zero-order valence-electron chi connectivity index (χ0n) is 20.6. The van der Waals surface area contributed by atoms with Crippen molar-refractivity contribution in [3.63, 3.8) is 0 Å². The average molecular weight is 465 g/mol. The van der Waals surface area contributed by atoms with Crippen LogP contribution in [0, 0.1) is 18.8 Å². The summed E-state index contributed by atoms with van der Waals surface area (Å²) in [5.74, 6) is 0.0121. The summed E-state index contributed by atoms with van der Waals surface area (Å²) in [5.41, 5.74) is 6.23. The molecule has 7 heteroatoms. The summed E-state index contributed by atoms with van der Waals surface area (Å²) in [7, 11) is 1.94. The third-order valence-corrected chi connectivity index (χ3v) is 6.03. The number of phenols is 1. The van der Waals surface area contributed by atoms with Crippen LogP contribution in [0.5, 0.6) is 5.75 Å². The van der Waals surface area contributed by atoms with Crippen LogP contribution >= 0.6 is 0 Å². The van der Waals surface area contributed by atoms with Crippen LogP contribution in [0.3, 0.4) is 0 Å². The molecule has 1 heterocycles. The number of aryl methyl sites for hydroxylation is 2. The molecular weight excluding hydrogens is 428 g/mol. The summed E-state index contributed by atoms with van der Waals surface area (Å²) in [6.45, 7) is 7.89. The van der Waals surface area contributed by atoms with Gasteiger partial charge < -0.3 is 10.0 Å². The van der Waals surface area contributed by atoms with Gasteiger partial charge in [-0.3, -0.25) is 15.0 Å². The van der Waals surface area contributed by atoms with Gasteiger partial charge in [-0.25, -0.2) is 10.0 Å². The number of nitrogens with one attached hydrogen (secondary N) is 1. The van der Waals surface area contributed by atoms with Crippen LogP contribution in [0.25, 0.3) is 0 Å². The van der Waals surface area contributed by atoms with Gasteiger partial charge in [-0.2, -0.15) is 0 Å². The number of nitrogens with zero attached hydrogens (tertiary/aromatic N) is 3. The van der Waals surface area contributed by atoms with Gasteiger partial charge in [0.15, 0.2) is 0 Å². The van der Waals surface area contributed by atoms with Crippen molar-refractivity contribution in [3.05, 3.63) is 65.2 Å². The third-order valence-electron chi connectivity index (χ3n) is 6.03. The summed E-state index contributed by atoms with van der Waals surface area (Å²) in [6, 6.07) is 14.1. The number of amides is 2. The summed E-state index contributed by atoms with van der Waals surface area (Å²) in [6.07, 6.45) is 2.43. The molecule has 182 valence electrons. The van der Waals surface area contributed by atoms with Crippen molar-refractivity contribution in [2.45, 2.75) is 39.7 Å². The molecule has 34 heavy (non-hydrogen) atoms. The van der Waals surface area contributed by atoms with Crippen LogP contribution in [-0.2, 0) is 16.0 Å². The van der Waals surface area contributed by atoms with Gasteiger partial charge >= 0.3 is 0 Å². The van der Waals surface area contributed by atoms with Crippen LogP contribution < -0.4 is 5.43 Å². The van der Waals surface area contributed by atoms with Crippen molar-refractivity contribution < 1.29 is 14.7 Å². The first-order chi connectivity index (χ1) is 16.2. The predicted octanol–water partition coefficient (Wildman–Crippen LogP) is 3.20. The second kappa shape index (κ2) is 11.9. The Morgan fingerprint density at radius 2 is 1.85 bits per heavy atom. The van der Waals surface area contributed by atoms with Crippen molar-refractivity contribution in [2.24, 2.45) is 16.8 Å². The standard InChI is InChI=1S/C27H36N4O3/c1-19(2)17-31(25(33)14-11-21-9-12-24(32)13-10-21)26(23-16-29-30(4)18-23)27(34)28-15-22-7-5-20(3)6-8-22/h5-10,12-13,15,19,23,26,29,32H,11,14,16-18H2,1-4H3. The molecule has 7 nitrogen and oxygen atoms in total. The molecule has 2 aromatic carbocycles. The first kappa shape index (κ1) is 25.6. The fraction of sp³-hybridized carbons (Fsp3) is 0.444. The van der Waals surface area contributed by atoms with E-state index in [0.717, 1.165) is 16.7 Å². The zero-order chi connectivity index (χ0) is 24.7. The van der Waals surface area contributed by atoms with Gasteiger partial charge in [0.05, 0.1) is 0 Å². The molecule has 3 rings (SSSR count). The third kappa shape index (κ3) is 7.23. The molecule has 2 unspecified atom stereocenters. The highest BCUT2D eigenvalue weighted by atomic mass is 16.3. The maximum Gasteiger partial charge on any atom is 0.268 e. The van der Waals surface area contributed by atoms with Crippen LogP contribution in [-0.4, -0.2) is 65.8 Å². The van der Waals surface area contributed by atoms with Crippen LogP contribution in [0.4, 0.5) is 0 Å². The molecule has 0 bridgehead atoms. The number of hydrazine groups is 1. The largest absolute Gasteiger partial charge is 0.508 e. The van der Waals surface area contributed by atoms with E-state index in [2.05, 4.69) is 24.3 Å². The summed E-state index contributed by atoms with van der Waals surface area (Å²) >= 11 is 0. The minimum absolute atomic E-state index is 0.0518. The Morgan fingerprint density at radius 1 is 1.18 bits per heavy atom. The van der Waals surface area contributed by atoms with Gasteiger partial charge in [-0.15, -0.1) is 0 Å². The van der Waals surface area contributed by atoms with E-state index >= 15 is 0 Å². The van der Waals surface area contributed by atoms with Crippen LogP contribution in [0.2, 0.25) is 0 Å². The number of carbonyl (C=O) groups excluding carboxylic acids is 2. The second-order valence-corrected chi connectivity index (χ2v) is 9.56. The van der Waals surface area contributed by atoms with Crippen molar-refractivity contribution >= 4 is 18.0 Å². The van der Waals surface area contributed by atoms with Crippen molar-refractivity contribution in [2.75, 3.05) is 26.7 Å². The molecular formula is C27H36N4O3. The first-order valence-electron chi connectivity index (χ1n) is 11.9. The average Bonchev–Trinajstić information content (AvgIpc) is 3.23. The monoisotopic (exact) mass is 464 g/mol. The summed E-state index contributed by atoms with van der Waals surface area (Å²) < 4.78 is 0. The SMILES string of the molecule is Cc1ccc(C=NC(=O)C(C2CNN(C)C2)N(CC(C)C)C(=O)CCc2ccc(O)cc2)cc1. The lowest BCUT2D eigenvalue weighted by Crippen LogP contribution is -2.51. The number of hydrogen-bond donors (Lipinski definition) is 2. The Hall–Kier alpha value is -3.03. The van der Waals surface area contributed by atoms with Crippen molar-refractivity contribution in [1.29, 1.82) is 0 Å². The van der Waals surface area contributed by atoms with E-state index in [4.69, 9.17) is 0 Å². The topological polar surface area (TPSA) is 85.2 Å². The molecule has 0 aliphatic carbocycles. The Kier molecular flexibility index (Phi) is 8.96. The highest BCUT2D eigenvalue weighted by Gasteiger charge is 2.39. The van der Waals surface area contributed by atoms with E-state index in [1.54, 1.807) is 23.2 Å². The van der Waals surface area contributed by atoms with E-state index in [0.29, 0.717) is 32.5 Å². The number of rotatable bonds is 9. The number of hydrogen-bond acceptors (Lipinski definition) is 5. The van der Waals surface area contributed by atoms with Gasteiger partial charge in [0, 0.05) is 45.2 Å². The molecule has 2 N–H and O–H groups in total. The minimum atomic E-state index is -0.631. The molecule has 1 aliphatic heterocycles. The highest BCUT2D eigenvalue weighted by Crippen LogP contribution is 2.21. The maximum atomic E-state index is 13.5. The predicted molar refractivity (Wildman–Crippen MR) is 135 cm³/mol. The van der Waals surface area contributed by atoms with E-state index in [1.807, 2.05) is 55.4 Å². The lowest BCUT2D eigenvalue weighted by Gasteiger charge is -2.34. The Labute approximate surface area is 202 Å². The highest BCUT2D eigenvalue weighted by molar-refractivity contribution is 5.96. The number of aromatic hydroxyl groups is 1. The number of carbonyl (C=O) groups is 2. The molecule has 0 saturated carbocycles. The Morgan fingerprint density at radius 3 is 2.44 bits per heavy atom. The Bertz CT molecular complexity index is 986.